The van der Waals surface area contributed by atoms with E-state index in [1.165, 1.54) is 12.8 Å². The molecule has 1 aromatic rings. The SMILES string of the molecule is CC1CC(Nc2cc(C(C)C)ncn2)C1. The van der Waals surface area contributed by atoms with E-state index < -0.39 is 0 Å². The Bertz CT molecular complexity index is 329. The number of hydrogen-bond acceptors (Lipinski definition) is 3. The van der Waals surface area contributed by atoms with Crippen LogP contribution in [-0.2, 0) is 0 Å². The van der Waals surface area contributed by atoms with Crippen molar-refractivity contribution in [3.05, 3.63) is 18.1 Å². The maximum Gasteiger partial charge on any atom is 0.129 e. The number of hydrogen-bond donors (Lipinski definition) is 1. The second-order valence-corrected chi connectivity index (χ2v) is 4.90. The molecule has 0 bridgehead atoms. The first-order valence-corrected chi connectivity index (χ1v) is 5.73. The molecule has 1 aliphatic carbocycles. The molecule has 0 radical (unpaired) electrons. The van der Waals surface area contributed by atoms with Crippen LogP contribution in [0.5, 0.6) is 0 Å². The summed E-state index contributed by atoms with van der Waals surface area (Å²) in [5.41, 5.74) is 1.11. The van der Waals surface area contributed by atoms with Crippen molar-refractivity contribution in [2.45, 2.75) is 45.6 Å². The Kier molecular flexibility index (Phi) is 2.89. The van der Waals surface area contributed by atoms with E-state index in [-0.39, 0.29) is 0 Å². The highest BCUT2D eigenvalue weighted by Crippen LogP contribution is 2.29. The van der Waals surface area contributed by atoms with Gasteiger partial charge in [0.05, 0.1) is 0 Å². The maximum atomic E-state index is 4.25. The highest BCUT2D eigenvalue weighted by molar-refractivity contribution is 5.37. The van der Waals surface area contributed by atoms with Crippen LogP contribution in [0.2, 0.25) is 0 Å². The second-order valence-electron chi connectivity index (χ2n) is 4.90. The second kappa shape index (κ2) is 4.17. The molecule has 0 aliphatic heterocycles. The van der Waals surface area contributed by atoms with Crippen molar-refractivity contribution in [1.29, 1.82) is 0 Å². The number of nitrogens with one attached hydrogen (secondary N) is 1. The lowest BCUT2D eigenvalue weighted by Gasteiger charge is -2.33. The fourth-order valence-electron chi connectivity index (χ4n) is 2.00. The van der Waals surface area contributed by atoms with Crippen molar-refractivity contribution in [3.63, 3.8) is 0 Å². The molecule has 1 saturated carbocycles. The average Bonchev–Trinajstić information content (AvgIpc) is 2.16. The van der Waals surface area contributed by atoms with Crippen LogP contribution in [0.3, 0.4) is 0 Å². The summed E-state index contributed by atoms with van der Waals surface area (Å²) in [7, 11) is 0. The zero-order valence-corrected chi connectivity index (χ0v) is 9.70. The molecule has 0 spiro atoms. The molecule has 1 N–H and O–H groups in total. The van der Waals surface area contributed by atoms with Crippen LogP contribution >= 0.6 is 0 Å². The lowest BCUT2D eigenvalue weighted by Crippen LogP contribution is -2.34. The van der Waals surface area contributed by atoms with Gasteiger partial charge in [-0.25, -0.2) is 9.97 Å². The fourth-order valence-corrected chi connectivity index (χ4v) is 2.00. The monoisotopic (exact) mass is 205 g/mol. The Morgan fingerprint density at radius 2 is 2.07 bits per heavy atom. The zero-order chi connectivity index (χ0) is 10.8. The van der Waals surface area contributed by atoms with Gasteiger partial charge in [0, 0.05) is 17.8 Å². The summed E-state index contributed by atoms with van der Waals surface area (Å²) >= 11 is 0. The third-order valence-corrected chi connectivity index (χ3v) is 3.01. The Morgan fingerprint density at radius 3 is 2.67 bits per heavy atom. The topological polar surface area (TPSA) is 37.8 Å². The van der Waals surface area contributed by atoms with Crippen LogP contribution in [0.1, 0.15) is 45.2 Å². The zero-order valence-electron chi connectivity index (χ0n) is 9.70. The van der Waals surface area contributed by atoms with Gasteiger partial charge in [0.15, 0.2) is 0 Å². The normalized spacial score (nSPS) is 25.1. The summed E-state index contributed by atoms with van der Waals surface area (Å²) < 4.78 is 0. The molecule has 1 aromatic heterocycles. The van der Waals surface area contributed by atoms with E-state index in [1.54, 1.807) is 6.33 Å². The predicted molar refractivity (Wildman–Crippen MR) is 61.9 cm³/mol. The van der Waals surface area contributed by atoms with Gasteiger partial charge < -0.3 is 5.32 Å². The molecule has 0 amide bonds. The smallest absolute Gasteiger partial charge is 0.129 e. The van der Waals surface area contributed by atoms with E-state index in [9.17, 15) is 0 Å². The van der Waals surface area contributed by atoms with E-state index in [4.69, 9.17) is 0 Å². The maximum absolute atomic E-state index is 4.25. The molecule has 3 heteroatoms. The van der Waals surface area contributed by atoms with Gasteiger partial charge in [-0.15, -0.1) is 0 Å². The van der Waals surface area contributed by atoms with E-state index >= 15 is 0 Å². The minimum atomic E-state index is 0.467. The van der Waals surface area contributed by atoms with Gasteiger partial charge >= 0.3 is 0 Å². The lowest BCUT2D eigenvalue weighted by molar-refractivity contribution is 0.308. The molecule has 0 aromatic carbocycles. The largest absolute Gasteiger partial charge is 0.367 e. The summed E-state index contributed by atoms with van der Waals surface area (Å²) in [6.07, 6.45) is 4.18. The summed E-state index contributed by atoms with van der Waals surface area (Å²) in [6.45, 7) is 6.59. The molecule has 0 saturated heterocycles. The van der Waals surface area contributed by atoms with Crippen LogP contribution < -0.4 is 5.32 Å². The van der Waals surface area contributed by atoms with Gasteiger partial charge in [-0.3, -0.25) is 0 Å². The first-order chi connectivity index (χ1) is 7.15. The highest BCUT2D eigenvalue weighted by atomic mass is 15.0. The van der Waals surface area contributed by atoms with Gasteiger partial charge in [-0.1, -0.05) is 20.8 Å². The fraction of sp³-hybridized carbons (Fsp3) is 0.667. The van der Waals surface area contributed by atoms with Gasteiger partial charge in [-0.2, -0.15) is 0 Å². The summed E-state index contributed by atoms with van der Waals surface area (Å²) in [4.78, 5) is 8.50. The summed E-state index contributed by atoms with van der Waals surface area (Å²) in [5, 5.41) is 3.45. The van der Waals surface area contributed by atoms with Crippen molar-refractivity contribution in [2.24, 2.45) is 5.92 Å². The molecular formula is C12H19N3. The van der Waals surface area contributed by atoms with Crippen LogP contribution in [0.25, 0.3) is 0 Å². The van der Waals surface area contributed by atoms with Gasteiger partial charge in [0.1, 0.15) is 12.1 Å². The Labute approximate surface area is 91.3 Å². The van der Waals surface area contributed by atoms with Crippen LogP contribution in [-0.4, -0.2) is 16.0 Å². The van der Waals surface area contributed by atoms with Gasteiger partial charge in [0.2, 0.25) is 0 Å². The number of nitrogens with zero attached hydrogens (tertiary/aromatic N) is 2. The van der Waals surface area contributed by atoms with Crippen molar-refractivity contribution in [3.8, 4) is 0 Å². The summed E-state index contributed by atoms with van der Waals surface area (Å²) in [6, 6.07) is 2.68. The third kappa shape index (κ3) is 2.46. The number of anilines is 1. The van der Waals surface area contributed by atoms with Crippen LogP contribution in [0.4, 0.5) is 5.82 Å². The van der Waals surface area contributed by atoms with Crippen molar-refractivity contribution >= 4 is 5.82 Å². The Balaban J connectivity index is 1.99. The molecule has 82 valence electrons. The molecule has 2 rings (SSSR count). The molecule has 1 fully saturated rings. The molecule has 1 aliphatic rings. The van der Waals surface area contributed by atoms with Crippen molar-refractivity contribution in [2.75, 3.05) is 5.32 Å². The van der Waals surface area contributed by atoms with E-state index in [0.29, 0.717) is 12.0 Å². The first-order valence-electron chi connectivity index (χ1n) is 5.73. The lowest BCUT2D eigenvalue weighted by atomic mass is 9.82. The van der Waals surface area contributed by atoms with Crippen molar-refractivity contribution < 1.29 is 0 Å². The predicted octanol–water partition coefficient (Wildman–Crippen LogP) is 2.81. The standard InChI is InChI=1S/C12H19N3/c1-8(2)11-6-12(14-7-13-11)15-10-4-9(3)5-10/h6-10H,4-5H2,1-3H3,(H,13,14,15). The number of rotatable bonds is 3. The average molecular weight is 205 g/mol. The van der Waals surface area contributed by atoms with Crippen molar-refractivity contribution in [1.82, 2.24) is 9.97 Å². The van der Waals surface area contributed by atoms with Gasteiger partial charge in [0.25, 0.3) is 0 Å². The molecule has 1 heterocycles. The third-order valence-electron chi connectivity index (χ3n) is 3.01. The highest BCUT2D eigenvalue weighted by Gasteiger charge is 2.25. The molecule has 15 heavy (non-hydrogen) atoms. The molecule has 3 nitrogen and oxygen atoms in total. The van der Waals surface area contributed by atoms with E-state index in [0.717, 1.165) is 17.4 Å². The van der Waals surface area contributed by atoms with E-state index in [2.05, 4.69) is 42.1 Å². The molecule has 0 atom stereocenters. The minimum absolute atomic E-state index is 0.467. The Morgan fingerprint density at radius 1 is 1.33 bits per heavy atom. The first kappa shape index (κ1) is 10.4. The van der Waals surface area contributed by atoms with E-state index in [1.807, 2.05) is 0 Å². The number of aromatic nitrogens is 2. The molecule has 0 unspecified atom stereocenters. The Hall–Kier alpha value is -1.12. The molecular weight excluding hydrogens is 186 g/mol. The quantitative estimate of drug-likeness (QED) is 0.824. The summed E-state index contributed by atoms with van der Waals surface area (Å²) in [5.74, 6) is 2.31. The van der Waals surface area contributed by atoms with Crippen LogP contribution in [0, 0.1) is 5.92 Å². The minimum Gasteiger partial charge on any atom is -0.367 e. The van der Waals surface area contributed by atoms with Crippen LogP contribution in [0.15, 0.2) is 12.4 Å². The van der Waals surface area contributed by atoms with Gasteiger partial charge in [-0.05, 0) is 24.7 Å².